The lowest BCUT2D eigenvalue weighted by molar-refractivity contribution is 0.102. The van der Waals surface area contributed by atoms with E-state index in [-0.39, 0.29) is 5.91 Å². The van der Waals surface area contributed by atoms with Gasteiger partial charge in [-0.3, -0.25) is 4.79 Å². The summed E-state index contributed by atoms with van der Waals surface area (Å²) >= 11 is 0. The van der Waals surface area contributed by atoms with Crippen LogP contribution in [0.5, 0.6) is 0 Å². The molecule has 1 aromatic carbocycles. The third-order valence-electron chi connectivity index (χ3n) is 4.15. The van der Waals surface area contributed by atoms with Crippen LogP contribution in [-0.4, -0.2) is 22.4 Å². The molecule has 2 aromatic rings. The summed E-state index contributed by atoms with van der Waals surface area (Å²) in [5.41, 5.74) is 3.49. The molecule has 0 saturated carbocycles. The van der Waals surface area contributed by atoms with Crippen LogP contribution in [0.1, 0.15) is 55.7 Å². The fourth-order valence-corrected chi connectivity index (χ4v) is 2.61. The number of aromatic nitrogens is 2. The van der Waals surface area contributed by atoms with Crippen LogP contribution in [0, 0.1) is 5.92 Å². The second kappa shape index (κ2) is 9.16. The smallest absolute Gasteiger partial charge is 0.275 e. The van der Waals surface area contributed by atoms with E-state index < -0.39 is 0 Å². The van der Waals surface area contributed by atoms with Crippen LogP contribution in [-0.2, 0) is 12.8 Å². The minimum absolute atomic E-state index is 0.225. The summed E-state index contributed by atoms with van der Waals surface area (Å²) in [6, 6.07) is 6.12. The number of nitrogens with one attached hydrogen (secondary N) is 2. The van der Waals surface area contributed by atoms with Crippen LogP contribution in [0.2, 0.25) is 0 Å². The highest BCUT2D eigenvalue weighted by molar-refractivity contribution is 6.03. The molecule has 1 heterocycles. The lowest BCUT2D eigenvalue weighted by atomic mass is 10.0. The number of rotatable bonds is 8. The summed E-state index contributed by atoms with van der Waals surface area (Å²) in [6.45, 7) is 9.38. The van der Waals surface area contributed by atoms with Gasteiger partial charge in [-0.2, -0.15) is 0 Å². The fraction of sp³-hybridized carbons (Fsp3) is 0.450. The number of para-hydroxylation sites is 1. The van der Waals surface area contributed by atoms with Crippen molar-refractivity contribution in [3.63, 3.8) is 0 Å². The van der Waals surface area contributed by atoms with E-state index in [1.807, 2.05) is 18.2 Å². The summed E-state index contributed by atoms with van der Waals surface area (Å²) in [5.74, 6) is 1.11. The highest BCUT2D eigenvalue weighted by Gasteiger charge is 2.13. The van der Waals surface area contributed by atoms with E-state index in [1.165, 1.54) is 6.20 Å². The fourth-order valence-electron chi connectivity index (χ4n) is 2.61. The Hall–Kier alpha value is -2.43. The molecule has 0 radical (unpaired) electrons. The molecule has 0 aliphatic heterocycles. The van der Waals surface area contributed by atoms with Crippen molar-refractivity contribution in [3.8, 4) is 0 Å². The molecule has 0 saturated heterocycles. The van der Waals surface area contributed by atoms with Gasteiger partial charge in [0.15, 0.2) is 0 Å². The molecule has 2 rings (SSSR count). The summed E-state index contributed by atoms with van der Waals surface area (Å²) < 4.78 is 0. The molecule has 0 spiro atoms. The Labute approximate surface area is 150 Å². The number of hydrogen-bond acceptors (Lipinski definition) is 4. The van der Waals surface area contributed by atoms with Gasteiger partial charge in [-0.1, -0.05) is 45.9 Å². The van der Waals surface area contributed by atoms with Gasteiger partial charge in [-0.05, 0) is 36.3 Å². The van der Waals surface area contributed by atoms with Gasteiger partial charge in [-0.15, -0.1) is 0 Å². The van der Waals surface area contributed by atoms with Gasteiger partial charge in [0.05, 0.1) is 12.4 Å². The molecule has 2 N–H and O–H groups in total. The van der Waals surface area contributed by atoms with Crippen LogP contribution in [0.25, 0.3) is 0 Å². The highest BCUT2D eigenvalue weighted by atomic mass is 16.1. The van der Waals surface area contributed by atoms with Crippen LogP contribution >= 0.6 is 0 Å². The molecule has 5 heteroatoms. The van der Waals surface area contributed by atoms with E-state index in [2.05, 4.69) is 48.3 Å². The van der Waals surface area contributed by atoms with Crippen molar-refractivity contribution in [2.45, 2.75) is 47.0 Å². The molecule has 0 unspecified atom stereocenters. The Kier molecular flexibility index (Phi) is 6.92. The minimum atomic E-state index is -0.225. The first-order chi connectivity index (χ1) is 12.0. The van der Waals surface area contributed by atoms with E-state index >= 15 is 0 Å². The van der Waals surface area contributed by atoms with Crippen LogP contribution in [0.15, 0.2) is 30.6 Å². The topological polar surface area (TPSA) is 66.9 Å². The first kappa shape index (κ1) is 18.9. The predicted molar refractivity (Wildman–Crippen MR) is 103 cm³/mol. The molecule has 1 amide bonds. The Balaban J connectivity index is 2.06. The van der Waals surface area contributed by atoms with Crippen LogP contribution in [0.3, 0.4) is 0 Å². The third kappa shape index (κ3) is 5.28. The Morgan fingerprint density at radius 3 is 2.28 bits per heavy atom. The normalized spacial score (nSPS) is 10.8. The molecular formula is C20H28N4O. The summed E-state index contributed by atoms with van der Waals surface area (Å²) in [7, 11) is 0. The van der Waals surface area contributed by atoms with E-state index in [9.17, 15) is 4.79 Å². The zero-order valence-electron chi connectivity index (χ0n) is 15.6. The maximum atomic E-state index is 12.5. The minimum Gasteiger partial charge on any atom is -0.369 e. The van der Waals surface area contributed by atoms with E-state index in [4.69, 9.17) is 0 Å². The SMILES string of the molecule is CCc1cccc(CC)c1NC(=O)c1cnc(NCCC(C)C)cn1. The van der Waals surface area contributed by atoms with Gasteiger partial charge < -0.3 is 10.6 Å². The Morgan fingerprint density at radius 2 is 1.76 bits per heavy atom. The number of carbonyl (C=O) groups is 1. The Morgan fingerprint density at radius 1 is 1.08 bits per heavy atom. The third-order valence-corrected chi connectivity index (χ3v) is 4.15. The van der Waals surface area contributed by atoms with Gasteiger partial charge in [-0.25, -0.2) is 9.97 Å². The summed E-state index contributed by atoms with van der Waals surface area (Å²) in [5, 5.41) is 6.24. The van der Waals surface area contributed by atoms with Crippen molar-refractivity contribution in [2.75, 3.05) is 17.2 Å². The number of aryl methyl sites for hydroxylation is 2. The van der Waals surface area contributed by atoms with Crippen molar-refractivity contribution < 1.29 is 4.79 Å². The number of benzene rings is 1. The predicted octanol–water partition coefficient (Wildman–Crippen LogP) is 4.31. The van der Waals surface area contributed by atoms with E-state index in [1.54, 1.807) is 6.20 Å². The second-order valence-corrected chi connectivity index (χ2v) is 6.51. The first-order valence-corrected chi connectivity index (χ1v) is 9.03. The monoisotopic (exact) mass is 340 g/mol. The molecule has 1 aromatic heterocycles. The summed E-state index contributed by atoms with van der Waals surface area (Å²) in [6.07, 6.45) is 5.94. The summed E-state index contributed by atoms with van der Waals surface area (Å²) in [4.78, 5) is 21.1. The van der Waals surface area contributed by atoms with Crippen molar-refractivity contribution in [1.29, 1.82) is 0 Å². The first-order valence-electron chi connectivity index (χ1n) is 9.03. The maximum Gasteiger partial charge on any atom is 0.275 e. The molecule has 5 nitrogen and oxygen atoms in total. The average molecular weight is 340 g/mol. The van der Waals surface area contributed by atoms with E-state index in [0.29, 0.717) is 17.4 Å². The highest BCUT2D eigenvalue weighted by Crippen LogP contribution is 2.23. The zero-order chi connectivity index (χ0) is 18.2. The molecule has 0 aliphatic rings. The standard InChI is InChI=1S/C20H28N4O/c1-5-15-8-7-9-16(6-2)19(15)24-20(25)17-12-23-18(13-22-17)21-11-10-14(3)4/h7-9,12-14H,5-6,10-11H2,1-4H3,(H,21,23)(H,24,25). The second-order valence-electron chi connectivity index (χ2n) is 6.51. The number of hydrogen-bond donors (Lipinski definition) is 2. The molecule has 0 bridgehead atoms. The van der Waals surface area contributed by atoms with E-state index in [0.717, 1.165) is 42.6 Å². The van der Waals surface area contributed by atoms with Gasteiger partial charge in [0.2, 0.25) is 0 Å². The van der Waals surface area contributed by atoms with Gasteiger partial charge >= 0.3 is 0 Å². The largest absolute Gasteiger partial charge is 0.369 e. The molecule has 0 aliphatic carbocycles. The van der Waals surface area contributed by atoms with Crippen molar-refractivity contribution >= 4 is 17.4 Å². The molecular weight excluding hydrogens is 312 g/mol. The Bertz CT molecular complexity index is 673. The number of carbonyl (C=O) groups excluding carboxylic acids is 1. The zero-order valence-corrected chi connectivity index (χ0v) is 15.6. The van der Waals surface area contributed by atoms with Crippen LogP contribution in [0.4, 0.5) is 11.5 Å². The number of anilines is 2. The molecule has 134 valence electrons. The average Bonchev–Trinajstić information content (AvgIpc) is 2.62. The van der Waals surface area contributed by atoms with Gasteiger partial charge in [0.25, 0.3) is 5.91 Å². The van der Waals surface area contributed by atoms with Crippen LogP contribution < -0.4 is 10.6 Å². The number of nitrogens with zero attached hydrogens (tertiary/aromatic N) is 2. The van der Waals surface area contributed by atoms with Crippen molar-refractivity contribution in [2.24, 2.45) is 5.92 Å². The lowest BCUT2D eigenvalue weighted by Crippen LogP contribution is -2.17. The molecule has 25 heavy (non-hydrogen) atoms. The lowest BCUT2D eigenvalue weighted by Gasteiger charge is -2.14. The molecule has 0 atom stereocenters. The van der Waals surface area contributed by atoms with Crippen molar-refractivity contribution in [1.82, 2.24) is 9.97 Å². The quantitative estimate of drug-likeness (QED) is 0.751. The van der Waals surface area contributed by atoms with Gasteiger partial charge in [0.1, 0.15) is 11.5 Å². The molecule has 0 fully saturated rings. The van der Waals surface area contributed by atoms with Crippen molar-refractivity contribution in [3.05, 3.63) is 47.4 Å². The maximum absolute atomic E-state index is 12.5. The van der Waals surface area contributed by atoms with Gasteiger partial charge in [0, 0.05) is 12.2 Å². The number of amides is 1.